The maximum Gasteiger partial charge on any atom is 0.236 e. The molecule has 1 unspecified atom stereocenters. The van der Waals surface area contributed by atoms with Crippen molar-refractivity contribution in [3.05, 3.63) is 0 Å². The molecule has 1 heterocycles. The van der Waals surface area contributed by atoms with Crippen LogP contribution in [0.15, 0.2) is 0 Å². The molecule has 1 amide bonds. The highest BCUT2D eigenvalue weighted by Crippen LogP contribution is 2.18. The molecule has 1 saturated heterocycles. The summed E-state index contributed by atoms with van der Waals surface area (Å²) in [6, 6.07) is -0.0755. The Balaban J connectivity index is 2.06. The zero-order chi connectivity index (χ0) is 15.0. The molecule has 0 radical (unpaired) electrons. The number of carbonyl (C=O) groups excluding carboxylic acids is 1. The number of nitrogens with one attached hydrogen (secondary N) is 2. The Bertz CT molecular complexity index is 273. The molecule has 0 aromatic carbocycles. The van der Waals surface area contributed by atoms with Crippen molar-refractivity contribution >= 4 is 5.91 Å². The molecule has 4 nitrogen and oxygen atoms in total. The lowest BCUT2D eigenvalue weighted by molar-refractivity contribution is -0.122. The van der Waals surface area contributed by atoms with Crippen molar-refractivity contribution in [1.82, 2.24) is 15.5 Å². The lowest BCUT2D eigenvalue weighted by Gasteiger charge is -2.29. The van der Waals surface area contributed by atoms with Gasteiger partial charge in [-0.3, -0.25) is 4.79 Å². The van der Waals surface area contributed by atoms with Crippen LogP contribution in [0.2, 0.25) is 0 Å². The molecule has 1 atom stereocenters. The number of rotatable bonds is 8. The van der Waals surface area contributed by atoms with Gasteiger partial charge in [0.25, 0.3) is 0 Å². The summed E-state index contributed by atoms with van der Waals surface area (Å²) in [6.07, 6.45) is 4.84. The van der Waals surface area contributed by atoms with Gasteiger partial charge in [0.15, 0.2) is 0 Å². The molecule has 0 aliphatic carbocycles. The predicted molar refractivity (Wildman–Crippen MR) is 84.8 cm³/mol. The van der Waals surface area contributed by atoms with Gasteiger partial charge >= 0.3 is 0 Å². The summed E-state index contributed by atoms with van der Waals surface area (Å²) in [6.45, 7) is 10.5. The fourth-order valence-corrected chi connectivity index (χ4v) is 2.58. The summed E-state index contributed by atoms with van der Waals surface area (Å²) in [4.78, 5) is 14.3. The quantitative estimate of drug-likeness (QED) is 0.714. The van der Waals surface area contributed by atoms with Gasteiger partial charge in [0.05, 0.1) is 6.04 Å². The molecule has 0 spiro atoms. The van der Waals surface area contributed by atoms with Crippen molar-refractivity contribution in [1.29, 1.82) is 0 Å². The molecule has 1 fully saturated rings. The first-order valence-corrected chi connectivity index (χ1v) is 8.18. The Labute approximate surface area is 124 Å². The normalized spacial score (nSPS) is 19.2. The van der Waals surface area contributed by atoms with Crippen LogP contribution in [-0.4, -0.2) is 50.1 Å². The smallest absolute Gasteiger partial charge is 0.236 e. The van der Waals surface area contributed by atoms with Crippen molar-refractivity contribution in [2.45, 2.75) is 52.5 Å². The molecule has 20 heavy (non-hydrogen) atoms. The van der Waals surface area contributed by atoms with E-state index in [0.29, 0.717) is 5.92 Å². The summed E-state index contributed by atoms with van der Waals surface area (Å²) in [5, 5.41) is 6.35. The Kier molecular flexibility index (Phi) is 8.15. The summed E-state index contributed by atoms with van der Waals surface area (Å²) in [5.41, 5.74) is 0. The van der Waals surface area contributed by atoms with Gasteiger partial charge in [0.2, 0.25) is 5.91 Å². The van der Waals surface area contributed by atoms with E-state index in [1.54, 1.807) is 0 Å². The van der Waals surface area contributed by atoms with Gasteiger partial charge in [-0.25, -0.2) is 0 Å². The second kappa shape index (κ2) is 9.35. The minimum absolute atomic E-state index is 0.0755. The predicted octanol–water partition coefficient (Wildman–Crippen LogP) is 1.86. The monoisotopic (exact) mass is 283 g/mol. The third kappa shape index (κ3) is 7.25. The Morgan fingerprint density at radius 2 is 1.85 bits per heavy atom. The van der Waals surface area contributed by atoms with Crippen LogP contribution in [0.25, 0.3) is 0 Å². The maximum absolute atomic E-state index is 11.9. The van der Waals surface area contributed by atoms with Crippen LogP contribution in [-0.2, 0) is 4.79 Å². The van der Waals surface area contributed by atoms with E-state index >= 15 is 0 Å². The van der Waals surface area contributed by atoms with E-state index in [9.17, 15) is 4.79 Å². The molecule has 0 bridgehead atoms. The number of amides is 1. The third-order valence-electron chi connectivity index (χ3n) is 4.26. The highest BCUT2D eigenvalue weighted by atomic mass is 16.2. The number of nitrogens with zero attached hydrogens (tertiary/aromatic N) is 1. The molecule has 2 N–H and O–H groups in total. The van der Waals surface area contributed by atoms with Gasteiger partial charge < -0.3 is 15.5 Å². The first-order chi connectivity index (χ1) is 9.49. The summed E-state index contributed by atoms with van der Waals surface area (Å²) in [7, 11) is 2.19. The van der Waals surface area contributed by atoms with Gasteiger partial charge in [-0.1, -0.05) is 13.8 Å². The fourth-order valence-electron chi connectivity index (χ4n) is 2.58. The van der Waals surface area contributed by atoms with Crippen LogP contribution in [0.5, 0.6) is 0 Å². The van der Waals surface area contributed by atoms with E-state index < -0.39 is 0 Å². The molecule has 0 saturated carbocycles. The third-order valence-corrected chi connectivity index (χ3v) is 4.26. The lowest BCUT2D eigenvalue weighted by atomic mass is 9.94. The molecule has 1 aliphatic heterocycles. The average Bonchev–Trinajstić information content (AvgIpc) is 2.40. The van der Waals surface area contributed by atoms with Gasteiger partial charge in [0, 0.05) is 6.54 Å². The van der Waals surface area contributed by atoms with Crippen molar-refractivity contribution in [2.75, 3.05) is 33.2 Å². The molecular formula is C16H33N3O. The fraction of sp³-hybridized carbons (Fsp3) is 0.938. The zero-order valence-electron chi connectivity index (χ0n) is 13.7. The molecule has 0 aromatic heterocycles. The van der Waals surface area contributed by atoms with Crippen molar-refractivity contribution in [2.24, 2.45) is 11.8 Å². The summed E-state index contributed by atoms with van der Waals surface area (Å²) in [5.74, 6) is 1.60. The zero-order valence-corrected chi connectivity index (χ0v) is 13.7. The van der Waals surface area contributed by atoms with Gasteiger partial charge in [-0.15, -0.1) is 0 Å². The van der Waals surface area contributed by atoms with E-state index in [1.807, 2.05) is 6.92 Å². The van der Waals surface area contributed by atoms with Crippen LogP contribution in [0, 0.1) is 11.8 Å². The molecular weight excluding hydrogens is 250 g/mol. The SMILES string of the molecule is CC(C)CCNC(=O)C(C)NCCC1CCN(C)CC1. The van der Waals surface area contributed by atoms with Crippen LogP contribution in [0.1, 0.15) is 46.5 Å². The Hall–Kier alpha value is -0.610. The van der Waals surface area contributed by atoms with Gasteiger partial charge in [-0.2, -0.15) is 0 Å². The van der Waals surface area contributed by atoms with E-state index in [0.717, 1.165) is 25.4 Å². The van der Waals surface area contributed by atoms with Crippen LogP contribution in [0.3, 0.4) is 0 Å². The molecule has 1 rings (SSSR count). The summed E-state index contributed by atoms with van der Waals surface area (Å²) >= 11 is 0. The number of carbonyl (C=O) groups is 1. The largest absolute Gasteiger partial charge is 0.355 e. The highest BCUT2D eigenvalue weighted by molar-refractivity contribution is 5.81. The number of hydrogen-bond acceptors (Lipinski definition) is 3. The molecule has 118 valence electrons. The number of piperidine rings is 1. The number of hydrogen-bond donors (Lipinski definition) is 2. The molecule has 1 aliphatic rings. The maximum atomic E-state index is 11.9. The van der Waals surface area contributed by atoms with E-state index in [-0.39, 0.29) is 11.9 Å². The minimum atomic E-state index is -0.0755. The van der Waals surface area contributed by atoms with Gasteiger partial charge in [-0.05, 0) is 71.1 Å². The van der Waals surface area contributed by atoms with Crippen molar-refractivity contribution < 1.29 is 4.79 Å². The van der Waals surface area contributed by atoms with Crippen LogP contribution in [0.4, 0.5) is 0 Å². The van der Waals surface area contributed by atoms with E-state index in [2.05, 4.69) is 36.4 Å². The topological polar surface area (TPSA) is 44.4 Å². The molecule has 0 aromatic rings. The summed E-state index contributed by atoms with van der Waals surface area (Å²) < 4.78 is 0. The van der Waals surface area contributed by atoms with E-state index in [4.69, 9.17) is 0 Å². The minimum Gasteiger partial charge on any atom is -0.355 e. The van der Waals surface area contributed by atoms with Gasteiger partial charge in [0.1, 0.15) is 0 Å². The van der Waals surface area contributed by atoms with E-state index in [1.165, 1.54) is 32.4 Å². The second-order valence-electron chi connectivity index (χ2n) is 6.68. The standard InChI is InChI=1S/C16H33N3O/c1-13(2)5-9-18-16(20)14(3)17-10-6-15-7-11-19(4)12-8-15/h13-15,17H,5-12H2,1-4H3,(H,18,20). The molecule has 4 heteroatoms. The average molecular weight is 283 g/mol. The van der Waals surface area contributed by atoms with Crippen LogP contribution >= 0.6 is 0 Å². The van der Waals surface area contributed by atoms with Crippen LogP contribution < -0.4 is 10.6 Å². The Morgan fingerprint density at radius 1 is 1.20 bits per heavy atom. The second-order valence-corrected chi connectivity index (χ2v) is 6.68. The number of likely N-dealkylation sites (tertiary alicyclic amines) is 1. The lowest BCUT2D eigenvalue weighted by Crippen LogP contribution is -2.43. The Morgan fingerprint density at radius 3 is 2.45 bits per heavy atom. The first kappa shape index (κ1) is 17.4. The van der Waals surface area contributed by atoms with Crippen molar-refractivity contribution in [3.63, 3.8) is 0 Å². The first-order valence-electron chi connectivity index (χ1n) is 8.18. The highest BCUT2D eigenvalue weighted by Gasteiger charge is 2.17. The van der Waals surface area contributed by atoms with Crippen molar-refractivity contribution in [3.8, 4) is 0 Å².